The van der Waals surface area contributed by atoms with Gasteiger partial charge in [0.1, 0.15) is 16.3 Å². The molecule has 0 amide bonds. The van der Waals surface area contributed by atoms with Crippen LogP contribution in [0.15, 0.2) is 0 Å². The van der Waals surface area contributed by atoms with E-state index in [4.69, 9.17) is 5.11 Å². The molecule has 2 radical (unpaired) electrons. The largest absolute Gasteiger partial charge is 0.396 e. The van der Waals surface area contributed by atoms with E-state index in [1.165, 1.54) is 0 Å². The van der Waals surface area contributed by atoms with Gasteiger partial charge in [-0.2, -0.15) is 0 Å². The lowest BCUT2D eigenvalue weighted by Gasteiger charge is -1.80. The summed E-state index contributed by atoms with van der Waals surface area (Å²) in [6.07, 6.45) is 0.907. The molecule has 28 valence electrons. The summed E-state index contributed by atoms with van der Waals surface area (Å²) in [6, 6.07) is 0. The molecule has 0 unspecified atom stereocenters. The molecule has 0 heterocycles. The molecule has 0 atom stereocenters. The fraction of sp³-hybridized carbons (Fsp3) is 1.00. The maximum absolute atomic E-state index is 8.05. The van der Waals surface area contributed by atoms with Gasteiger partial charge in [0.05, 0.1) is 0 Å². The second-order valence-electron chi connectivity index (χ2n) is 0.866. The van der Waals surface area contributed by atoms with E-state index in [0.717, 1.165) is 11.7 Å². The Morgan fingerprint density at radius 1 is 1.60 bits per heavy atom. The number of hydrogen-bond donors (Lipinski definition) is 1. The highest BCUT2D eigenvalue weighted by Gasteiger charge is 1.68. The number of aliphatic hydroxyl groups is 1. The van der Waals surface area contributed by atoms with Crippen LogP contribution < -0.4 is 0 Å². The first-order valence-electron chi connectivity index (χ1n) is 1.72. The Balaban J connectivity index is 2.19. The van der Waals surface area contributed by atoms with E-state index in [2.05, 4.69) is 16.3 Å². The quantitative estimate of drug-likeness (QED) is 0.467. The van der Waals surface area contributed by atoms with Crippen molar-refractivity contribution in [2.24, 2.45) is 0 Å². The van der Waals surface area contributed by atoms with Crippen molar-refractivity contribution >= 4 is 16.3 Å². The van der Waals surface area contributed by atoms with Crippen molar-refractivity contribution in [2.75, 3.05) is 6.61 Å². The van der Waals surface area contributed by atoms with Crippen molar-refractivity contribution in [3.05, 3.63) is 0 Å². The zero-order chi connectivity index (χ0) is 4.12. The molecule has 0 spiro atoms. The molecule has 2 heteroatoms. The summed E-state index contributed by atoms with van der Waals surface area (Å²) in [5, 5.41) is 9.06. The van der Waals surface area contributed by atoms with Crippen LogP contribution in [0.5, 0.6) is 0 Å². The smallest absolute Gasteiger partial charge is 0.118 e. The third-order valence-corrected chi connectivity index (χ3v) is 0.770. The van der Waals surface area contributed by atoms with Gasteiger partial charge in [-0.15, -0.1) is 5.28 Å². The van der Waals surface area contributed by atoms with Crippen molar-refractivity contribution < 1.29 is 5.11 Å². The van der Waals surface area contributed by atoms with Crippen molar-refractivity contribution in [3.8, 4) is 0 Å². The van der Waals surface area contributed by atoms with E-state index in [9.17, 15) is 0 Å². The maximum atomic E-state index is 8.05. The van der Waals surface area contributed by atoms with Gasteiger partial charge < -0.3 is 5.11 Å². The van der Waals surface area contributed by atoms with Crippen LogP contribution in [0.25, 0.3) is 0 Å². The van der Waals surface area contributed by atoms with Crippen molar-refractivity contribution in [1.82, 2.24) is 0 Å². The van der Waals surface area contributed by atoms with Crippen molar-refractivity contribution in [2.45, 2.75) is 11.7 Å². The minimum atomic E-state index is 0.323. The zero-order valence-corrected chi connectivity index (χ0v) is 4.30. The second kappa shape index (κ2) is 4.49. The van der Waals surface area contributed by atoms with Gasteiger partial charge in [-0.3, -0.25) is 0 Å². The molecule has 0 saturated heterocycles. The van der Waals surface area contributed by atoms with E-state index in [0.29, 0.717) is 6.61 Å². The summed E-state index contributed by atoms with van der Waals surface area (Å²) >= 11 is 2.54. The van der Waals surface area contributed by atoms with E-state index in [1.54, 1.807) is 0 Å². The van der Waals surface area contributed by atoms with Gasteiger partial charge >= 0.3 is 0 Å². The number of rotatable bonds is 2. The summed E-state index contributed by atoms with van der Waals surface area (Å²) in [7, 11) is 0. The Kier molecular flexibility index (Phi) is 4.93. The molecule has 1 nitrogen and oxygen atoms in total. The molecule has 5 heavy (non-hydrogen) atoms. The monoisotopic (exact) mass is 86.0 g/mol. The van der Waals surface area contributed by atoms with E-state index in [1.807, 2.05) is 0 Å². The zero-order valence-electron chi connectivity index (χ0n) is 3.15. The molecule has 0 fully saturated rings. The number of aliphatic hydroxyl groups excluding tert-OH is 1. The Morgan fingerprint density at radius 3 is 2.20 bits per heavy atom. The Bertz CT molecular complexity index is 14.4. The standard InChI is InChI=1S/C3H7O.Al/c1-2-3-4;/h4H,1-3H2;. The lowest BCUT2D eigenvalue weighted by Crippen LogP contribution is -1.77. The lowest BCUT2D eigenvalue weighted by molar-refractivity contribution is 0.295. The fourth-order valence-corrected chi connectivity index (χ4v) is 0.274. The molecule has 0 aromatic rings. The Labute approximate surface area is 40.4 Å². The van der Waals surface area contributed by atoms with Crippen molar-refractivity contribution in [1.29, 1.82) is 0 Å². The summed E-state index contributed by atoms with van der Waals surface area (Å²) in [5.41, 5.74) is 0. The molecule has 0 aliphatic heterocycles. The fourth-order valence-electron chi connectivity index (χ4n) is 0.0913. The molecule has 0 saturated carbocycles. The summed E-state index contributed by atoms with van der Waals surface area (Å²) in [6.45, 7) is 0.323. The highest BCUT2D eigenvalue weighted by Crippen LogP contribution is 1.76. The van der Waals surface area contributed by atoms with Crippen LogP contribution in [0.2, 0.25) is 5.28 Å². The first kappa shape index (κ1) is 5.49. The van der Waals surface area contributed by atoms with Gasteiger partial charge in [0.25, 0.3) is 0 Å². The van der Waals surface area contributed by atoms with Crippen LogP contribution >= 0.6 is 0 Å². The van der Waals surface area contributed by atoms with Crippen LogP contribution in [0.4, 0.5) is 0 Å². The first-order valence-corrected chi connectivity index (χ1v) is 2.54. The number of hydrogen-bond acceptors (Lipinski definition) is 1. The molecule has 0 rings (SSSR count). The topological polar surface area (TPSA) is 20.2 Å². The highest BCUT2D eigenvalue weighted by molar-refractivity contribution is 6.08. The molecular weight excluding hydrogens is 79.0 g/mol. The average molecular weight is 86.1 g/mol. The van der Waals surface area contributed by atoms with E-state index >= 15 is 0 Å². The van der Waals surface area contributed by atoms with E-state index in [-0.39, 0.29) is 0 Å². The summed E-state index contributed by atoms with van der Waals surface area (Å²) in [4.78, 5) is 0. The molecule has 0 aliphatic carbocycles. The van der Waals surface area contributed by atoms with Gasteiger partial charge in [0.2, 0.25) is 0 Å². The Hall–Kier alpha value is 0.492. The normalized spacial score (nSPS) is 8.20. The van der Waals surface area contributed by atoms with Crippen LogP contribution in [-0.2, 0) is 0 Å². The SMILES string of the molecule is OCC[CH2][Al]. The van der Waals surface area contributed by atoms with Gasteiger partial charge in [-0.25, -0.2) is 0 Å². The molecule has 0 aromatic carbocycles. The summed E-state index contributed by atoms with van der Waals surface area (Å²) in [5.74, 6) is 0. The molecule has 0 aliphatic rings. The average Bonchev–Trinajstić information content (AvgIpc) is 1.41. The van der Waals surface area contributed by atoms with Crippen LogP contribution in [0.3, 0.4) is 0 Å². The maximum Gasteiger partial charge on any atom is 0.118 e. The molecule has 0 aromatic heterocycles. The van der Waals surface area contributed by atoms with Gasteiger partial charge in [-0.1, -0.05) is 0 Å². The third kappa shape index (κ3) is 4.49. The molecule has 1 N–H and O–H groups in total. The minimum absolute atomic E-state index is 0.323. The predicted octanol–water partition coefficient (Wildman–Crippen LogP) is -0.0444. The molecule has 0 bridgehead atoms. The van der Waals surface area contributed by atoms with Crippen LogP contribution in [0.1, 0.15) is 6.42 Å². The summed E-state index contributed by atoms with van der Waals surface area (Å²) < 4.78 is 0. The highest BCUT2D eigenvalue weighted by atomic mass is 27.0. The van der Waals surface area contributed by atoms with Crippen molar-refractivity contribution in [3.63, 3.8) is 0 Å². The third-order valence-electron chi connectivity index (χ3n) is 0.362. The van der Waals surface area contributed by atoms with Gasteiger partial charge in [-0.05, 0) is 6.42 Å². The first-order chi connectivity index (χ1) is 2.41. The second-order valence-corrected chi connectivity index (χ2v) is 1.44. The van der Waals surface area contributed by atoms with Gasteiger partial charge in [0.15, 0.2) is 0 Å². The van der Waals surface area contributed by atoms with Gasteiger partial charge in [0, 0.05) is 6.61 Å². The van der Waals surface area contributed by atoms with Crippen LogP contribution in [0, 0.1) is 0 Å². The van der Waals surface area contributed by atoms with E-state index < -0.39 is 0 Å². The lowest BCUT2D eigenvalue weighted by atomic mass is 10.5. The predicted molar refractivity (Wildman–Crippen MR) is 22.3 cm³/mol. The minimum Gasteiger partial charge on any atom is -0.396 e. The van der Waals surface area contributed by atoms with Crippen LogP contribution in [-0.4, -0.2) is 28.0 Å². The Morgan fingerprint density at radius 2 is 2.20 bits per heavy atom. The molecular formula is C3H7AlO.